The number of ketones is 1. The van der Waals surface area contributed by atoms with Gasteiger partial charge in [0, 0.05) is 22.9 Å². The van der Waals surface area contributed by atoms with Crippen molar-refractivity contribution >= 4 is 61.6 Å². The van der Waals surface area contributed by atoms with E-state index in [1.165, 1.54) is 6.92 Å². The molecule has 3 aromatic rings. The van der Waals surface area contributed by atoms with E-state index in [0.717, 1.165) is 20.8 Å². The van der Waals surface area contributed by atoms with Crippen LogP contribution in [0.1, 0.15) is 38.7 Å². The molecule has 1 aliphatic rings. The molecule has 0 radical (unpaired) electrons. The lowest BCUT2D eigenvalue weighted by molar-refractivity contribution is -0.128. The average Bonchev–Trinajstić information content (AvgIpc) is 3.07. The molecule has 0 aliphatic carbocycles. The standard InChI is InChI=1S/C31H35BrN4O5/c1-19(37)8-7-11-29(38)35-18-25(34-30(39)20(2)33-3)31(40)36(27-10-6-5-9-26(27)35)17-24-23-14-13-22(32)16-21(23)12-15-28(24)41-4/h5-6,9-10,12-16,20,25,33H,7-8,11,17-18H2,1-4H3,(H,34,39). The van der Waals surface area contributed by atoms with E-state index in [-0.39, 0.29) is 43.0 Å². The number of ether oxygens (including phenoxy) is 1. The van der Waals surface area contributed by atoms with Crippen LogP contribution in [0.5, 0.6) is 5.75 Å². The van der Waals surface area contributed by atoms with E-state index in [1.54, 1.807) is 43.0 Å². The van der Waals surface area contributed by atoms with E-state index in [1.807, 2.05) is 42.5 Å². The Bertz CT molecular complexity index is 1480. The minimum Gasteiger partial charge on any atom is -0.496 e. The van der Waals surface area contributed by atoms with Gasteiger partial charge in [0.05, 0.1) is 37.6 Å². The number of hydrogen-bond acceptors (Lipinski definition) is 6. The second-order valence-corrected chi connectivity index (χ2v) is 11.1. The maximum Gasteiger partial charge on any atom is 0.251 e. The smallest absolute Gasteiger partial charge is 0.251 e. The molecule has 0 saturated heterocycles. The molecular weight excluding hydrogens is 588 g/mol. The minimum atomic E-state index is -1.00. The minimum absolute atomic E-state index is 0.0117. The summed E-state index contributed by atoms with van der Waals surface area (Å²) in [5.74, 6) is -0.284. The molecule has 2 unspecified atom stereocenters. The molecule has 0 spiro atoms. The molecule has 9 nitrogen and oxygen atoms in total. The quantitative estimate of drug-likeness (QED) is 0.348. The summed E-state index contributed by atoms with van der Waals surface area (Å²) in [4.78, 5) is 55.4. The molecule has 0 aromatic heterocycles. The van der Waals surface area contributed by atoms with E-state index >= 15 is 0 Å². The number of halogens is 1. The fourth-order valence-electron chi connectivity index (χ4n) is 5.00. The lowest BCUT2D eigenvalue weighted by Gasteiger charge is -2.27. The monoisotopic (exact) mass is 622 g/mol. The summed E-state index contributed by atoms with van der Waals surface area (Å²) in [5.41, 5.74) is 1.91. The van der Waals surface area contributed by atoms with Gasteiger partial charge in [0.15, 0.2) is 0 Å². The summed E-state index contributed by atoms with van der Waals surface area (Å²) in [7, 11) is 3.25. The van der Waals surface area contributed by atoms with Crippen LogP contribution in [-0.2, 0) is 25.7 Å². The van der Waals surface area contributed by atoms with Crippen molar-refractivity contribution < 1.29 is 23.9 Å². The number of likely N-dealkylation sites (N-methyl/N-ethyl adjacent to an activating group) is 1. The summed E-state index contributed by atoms with van der Waals surface area (Å²) in [6.07, 6.45) is 0.839. The molecule has 216 valence electrons. The fourth-order valence-corrected chi connectivity index (χ4v) is 5.38. The van der Waals surface area contributed by atoms with Crippen LogP contribution in [0.4, 0.5) is 11.4 Å². The van der Waals surface area contributed by atoms with Gasteiger partial charge in [-0.2, -0.15) is 0 Å². The number of hydrogen-bond donors (Lipinski definition) is 2. The largest absolute Gasteiger partial charge is 0.496 e. The molecule has 2 N–H and O–H groups in total. The van der Waals surface area contributed by atoms with Gasteiger partial charge in [-0.3, -0.25) is 14.4 Å². The molecule has 1 aliphatic heterocycles. The molecule has 41 heavy (non-hydrogen) atoms. The molecule has 0 saturated carbocycles. The Hall–Kier alpha value is -3.76. The van der Waals surface area contributed by atoms with Gasteiger partial charge in [-0.25, -0.2) is 0 Å². The van der Waals surface area contributed by atoms with Crippen LogP contribution >= 0.6 is 15.9 Å². The van der Waals surface area contributed by atoms with Gasteiger partial charge in [0.1, 0.15) is 17.6 Å². The van der Waals surface area contributed by atoms with E-state index < -0.39 is 12.1 Å². The number of carbonyl (C=O) groups excluding carboxylic acids is 4. The summed E-state index contributed by atoms with van der Waals surface area (Å²) >= 11 is 3.53. The number of anilines is 2. The van der Waals surface area contributed by atoms with Crippen molar-refractivity contribution in [2.24, 2.45) is 0 Å². The van der Waals surface area contributed by atoms with E-state index in [2.05, 4.69) is 26.6 Å². The Kier molecular flexibility index (Phi) is 9.77. The van der Waals surface area contributed by atoms with Gasteiger partial charge < -0.3 is 30.0 Å². The summed E-state index contributed by atoms with van der Waals surface area (Å²) in [5, 5.41) is 7.65. The zero-order valence-corrected chi connectivity index (χ0v) is 25.3. The van der Waals surface area contributed by atoms with Crippen LogP contribution < -0.4 is 25.2 Å². The van der Waals surface area contributed by atoms with Crippen molar-refractivity contribution in [3.05, 3.63) is 64.6 Å². The summed E-state index contributed by atoms with van der Waals surface area (Å²) in [6.45, 7) is 3.31. The van der Waals surface area contributed by atoms with Crippen molar-refractivity contribution in [3.8, 4) is 5.75 Å². The lowest BCUT2D eigenvalue weighted by atomic mass is 10.0. The van der Waals surface area contributed by atoms with Gasteiger partial charge in [0.25, 0.3) is 5.91 Å². The first-order valence-corrected chi connectivity index (χ1v) is 14.4. The zero-order chi connectivity index (χ0) is 29.7. The third-order valence-electron chi connectivity index (χ3n) is 7.34. The Morgan fingerprint density at radius 1 is 1.07 bits per heavy atom. The van der Waals surface area contributed by atoms with Crippen molar-refractivity contribution in [3.63, 3.8) is 0 Å². The van der Waals surface area contributed by atoms with Crippen LogP contribution in [0.3, 0.4) is 0 Å². The third-order valence-corrected chi connectivity index (χ3v) is 7.84. The van der Waals surface area contributed by atoms with Gasteiger partial charge >= 0.3 is 0 Å². The maximum atomic E-state index is 14.3. The molecule has 1 heterocycles. The van der Waals surface area contributed by atoms with Gasteiger partial charge in [-0.05, 0) is 68.4 Å². The number of para-hydroxylation sites is 2. The van der Waals surface area contributed by atoms with Crippen LogP contribution in [0.25, 0.3) is 10.8 Å². The van der Waals surface area contributed by atoms with E-state index in [9.17, 15) is 19.2 Å². The first-order valence-electron chi connectivity index (χ1n) is 13.6. The summed E-state index contributed by atoms with van der Waals surface area (Å²) in [6, 6.07) is 15.4. The van der Waals surface area contributed by atoms with Gasteiger partial charge in [-0.1, -0.05) is 40.2 Å². The number of Topliss-reactive ketones (excluding diaryl/α,β-unsaturated/α-hetero) is 1. The fraction of sp³-hybridized carbons (Fsp3) is 0.355. The van der Waals surface area contributed by atoms with Crippen molar-refractivity contribution in [2.75, 3.05) is 30.5 Å². The SMILES string of the molecule is CNC(C)C(=O)NC1CN(C(=O)CCCC(C)=O)c2ccccc2N(Cc2c(OC)ccc3cc(Br)ccc23)C1=O. The molecule has 4 rings (SSSR count). The predicted molar refractivity (Wildman–Crippen MR) is 163 cm³/mol. The number of methoxy groups -OCH3 is 1. The normalized spacial score (nSPS) is 15.7. The number of nitrogens with one attached hydrogen (secondary N) is 2. The maximum absolute atomic E-state index is 14.3. The second kappa shape index (κ2) is 13.3. The molecule has 3 amide bonds. The van der Waals surface area contributed by atoms with Crippen molar-refractivity contribution in [2.45, 2.75) is 51.7 Å². The number of fused-ring (bicyclic) bond motifs is 2. The highest BCUT2D eigenvalue weighted by molar-refractivity contribution is 9.10. The Morgan fingerprint density at radius 2 is 1.80 bits per heavy atom. The Balaban J connectivity index is 1.82. The first-order chi connectivity index (χ1) is 19.6. The van der Waals surface area contributed by atoms with Crippen LogP contribution in [0.15, 0.2) is 59.1 Å². The molecule has 3 aromatic carbocycles. The first kappa shape index (κ1) is 30.2. The number of benzene rings is 3. The summed E-state index contributed by atoms with van der Waals surface area (Å²) < 4.78 is 6.65. The van der Waals surface area contributed by atoms with Crippen LogP contribution in [0, 0.1) is 0 Å². The third kappa shape index (κ3) is 6.77. The van der Waals surface area contributed by atoms with E-state index in [0.29, 0.717) is 30.0 Å². The van der Waals surface area contributed by atoms with Gasteiger partial charge in [-0.15, -0.1) is 0 Å². The van der Waals surface area contributed by atoms with Gasteiger partial charge in [0.2, 0.25) is 11.8 Å². The number of carbonyl (C=O) groups is 4. The van der Waals surface area contributed by atoms with Crippen LogP contribution in [-0.4, -0.2) is 56.3 Å². The highest BCUT2D eigenvalue weighted by Crippen LogP contribution is 2.37. The van der Waals surface area contributed by atoms with E-state index in [4.69, 9.17) is 4.74 Å². The molecule has 0 fully saturated rings. The molecule has 0 bridgehead atoms. The lowest BCUT2D eigenvalue weighted by Crippen LogP contribution is -2.55. The highest BCUT2D eigenvalue weighted by Gasteiger charge is 2.37. The molecule has 10 heteroatoms. The number of nitrogens with zero attached hydrogens (tertiary/aromatic N) is 2. The van der Waals surface area contributed by atoms with Crippen molar-refractivity contribution in [1.82, 2.24) is 10.6 Å². The average molecular weight is 624 g/mol. The van der Waals surface area contributed by atoms with Crippen molar-refractivity contribution in [1.29, 1.82) is 0 Å². The Morgan fingerprint density at radius 3 is 2.49 bits per heavy atom. The van der Waals surface area contributed by atoms with Crippen LogP contribution in [0.2, 0.25) is 0 Å². The number of amides is 3. The Labute approximate surface area is 248 Å². The second-order valence-electron chi connectivity index (χ2n) is 10.2. The highest BCUT2D eigenvalue weighted by atomic mass is 79.9. The molecule has 2 atom stereocenters. The predicted octanol–water partition coefficient (Wildman–Crippen LogP) is 4.34. The number of rotatable bonds is 10. The molecular formula is C31H35BrN4O5. The topological polar surface area (TPSA) is 108 Å². The zero-order valence-electron chi connectivity index (χ0n) is 23.7.